The molecule has 3 aromatic rings. The summed E-state index contributed by atoms with van der Waals surface area (Å²) in [6.45, 7) is 1.35. The van der Waals surface area contributed by atoms with Crippen LogP contribution in [0.5, 0.6) is 0 Å². The van der Waals surface area contributed by atoms with Crippen molar-refractivity contribution in [2.24, 2.45) is 0 Å². The molecule has 0 spiro atoms. The lowest BCUT2D eigenvalue weighted by atomic mass is 10.2. The molecule has 1 aliphatic rings. The highest BCUT2D eigenvalue weighted by molar-refractivity contribution is 7.99. The quantitative estimate of drug-likeness (QED) is 0.620. The van der Waals surface area contributed by atoms with Crippen LogP contribution in [0.4, 0.5) is 0 Å². The molecule has 0 unspecified atom stereocenters. The summed E-state index contributed by atoms with van der Waals surface area (Å²) in [7, 11) is 0. The Balaban J connectivity index is 1.50. The van der Waals surface area contributed by atoms with Gasteiger partial charge < -0.3 is 10.1 Å². The van der Waals surface area contributed by atoms with E-state index in [1.807, 2.05) is 47.0 Å². The Labute approximate surface area is 167 Å². The summed E-state index contributed by atoms with van der Waals surface area (Å²) in [5.74, 6) is 0.928. The molecule has 0 saturated carbocycles. The van der Waals surface area contributed by atoms with Crippen molar-refractivity contribution in [2.75, 3.05) is 18.9 Å². The Kier molecular flexibility index (Phi) is 5.98. The number of carbonyl (C=O) groups excluding carboxylic acids is 1. The Morgan fingerprint density at radius 1 is 1.21 bits per heavy atom. The van der Waals surface area contributed by atoms with E-state index in [0.717, 1.165) is 30.7 Å². The second kappa shape index (κ2) is 8.99. The fraction of sp³-hybridized carbons (Fsp3) is 0.300. The highest BCUT2D eigenvalue weighted by atomic mass is 32.2. The number of amides is 1. The van der Waals surface area contributed by atoms with Gasteiger partial charge in [-0.2, -0.15) is 0 Å². The average Bonchev–Trinajstić information content (AvgIpc) is 3.42. The number of nitrogens with one attached hydrogen (secondary N) is 1. The molecule has 1 aromatic carbocycles. The van der Waals surface area contributed by atoms with Crippen molar-refractivity contribution < 1.29 is 9.53 Å². The van der Waals surface area contributed by atoms with Crippen LogP contribution in [-0.4, -0.2) is 50.7 Å². The number of thioether (sulfide) groups is 1. The van der Waals surface area contributed by atoms with E-state index in [1.54, 1.807) is 12.4 Å². The molecule has 28 heavy (non-hydrogen) atoms. The van der Waals surface area contributed by atoms with E-state index in [0.29, 0.717) is 17.5 Å². The van der Waals surface area contributed by atoms with E-state index in [4.69, 9.17) is 4.74 Å². The Morgan fingerprint density at radius 3 is 2.86 bits per heavy atom. The van der Waals surface area contributed by atoms with Crippen molar-refractivity contribution in [3.05, 3.63) is 54.9 Å². The molecule has 144 valence electrons. The number of para-hydroxylation sites is 1. The number of carbonyl (C=O) groups is 1. The predicted molar refractivity (Wildman–Crippen MR) is 107 cm³/mol. The first-order valence-electron chi connectivity index (χ1n) is 9.23. The summed E-state index contributed by atoms with van der Waals surface area (Å²) in [4.78, 5) is 16.4. The molecule has 1 saturated heterocycles. The summed E-state index contributed by atoms with van der Waals surface area (Å²) in [6.07, 6.45) is 5.68. The highest BCUT2D eigenvalue weighted by Gasteiger charge is 2.19. The van der Waals surface area contributed by atoms with Gasteiger partial charge in [0.15, 0.2) is 11.0 Å². The third kappa shape index (κ3) is 4.40. The lowest BCUT2D eigenvalue weighted by Gasteiger charge is -2.11. The van der Waals surface area contributed by atoms with Crippen LogP contribution in [0.15, 0.2) is 60.0 Å². The monoisotopic (exact) mass is 395 g/mol. The summed E-state index contributed by atoms with van der Waals surface area (Å²) in [5.41, 5.74) is 1.81. The van der Waals surface area contributed by atoms with Gasteiger partial charge in [-0.3, -0.25) is 14.3 Å². The van der Waals surface area contributed by atoms with Gasteiger partial charge in [-0.1, -0.05) is 30.0 Å². The molecule has 1 N–H and O–H groups in total. The third-order valence-corrected chi connectivity index (χ3v) is 5.38. The lowest BCUT2D eigenvalue weighted by molar-refractivity contribution is -0.119. The van der Waals surface area contributed by atoms with E-state index in [1.165, 1.54) is 11.8 Å². The first-order chi connectivity index (χ1) is 13.8. The zero-order valence-electron chi connectivity index (χ0n) is 15.3. The normalized spacial score (nSPS) is 16.2. The number of nitrogens with zero attached hydrogens (tertiary/aromatic N) is 4. The Hall–Kier alpha value is -2.71. The van der Waals surface area contributed by atoms with Crippen LogP contribution in [0, 0.1) is 0 Å². The standard InChI is InChI=1S/C20H21N5O2S/c26-18(22-13-17-9-5-11-27-17)14-28-20-24-23-19(15-6-4-10-21-12-15)25(20)16-7-2-1-3-8-16/h1-4,6-8,10,12,17H,5,9,11,13-14H2,(H,22,26)/t17-/m0/s1. The third-order valence-electron chi connectivity index (χ3n) is 4.45. The van der Waals surface area contributed by atoms with Crippen LogP contribution < -0.4 is 5.32 Å². The van der Waals surface area contributed by atoms with Crippen molar-refractivity contribution in [3.63, 3.8) is 0 Å². The Morgan fingerprint density at radius 2 is 2.11 bits per heavy atom. The van der Waals surface area contributed by atoms with Gasteiger partial charge in [-0.05, 0) is 37.1 Å². The minimum Gasteiger partial charge on any atom is -0.376 e. The van der Waals surface area contributed by atoms with Gasteiger partial charge in [0, 0.05) is 36.8 Å². The molecule has 7 nitrogen and oxygen atoms in total. The smallest absolute Gasteiger partial charge is 0.230 e. The zero-order chi connectivity index (χ0) is 19.2. The van der Waals surface area contributed by atoms with Crippen molar-refractivity contribution in [1.82, 2.24) is 25.1 Å². The maximum Gasteiger partial charge on any atom is 0.230 e. The minimum atomic E-state index is -0.0361. The molecule has 0 bridgehead atoms. The van der Waals surface area contributed by atoms with Crippen molar-refractivity contribution in [3.8, 4) is 17.1 Å². The highest BCUT2D eigenvalue weighted by Crippen LogP contribution is 2.27. The van der Waals surface area contributed by atoms with Gasteiger partial charge in [-0.15, -0.1) is 10.2 Å². The van der Waals surface area contributed by atoms with Gasteiger partial charge in [0.25, 0.3) is 0 Å². The van der Waals surface area contributed by atoms with Crippen molar-refractivity contribution in [2.45, 2.75) is 24.1 Å². The average molecular weight is 395 g/mol. The van der Waals surface area contributed by atoms with Gasteiger partial charge in [0.05, 0.1) is 11.9 Å². The molecule has 0 radical (unpaired) electrons. The number of aromatic nitrogens is 4. The van der Waals surface area contributed by atoms with Crippen LogP contribution in [-0.2, 0) is 9.53 Å². The van der Waals surface area contributed by atoms with E-state index in [9.17, 15) is 4.79 Å². The first-order valence-corrected chi connectivity index (χ1v) is 10.2. The topological polar surface area (TPSA) is 81.9 Å². The van der Waals surface area contributed by atoms with E-state index >= 15 is 0 Å². The number of rotatable bonds is 7. The molecule has 4 rings (SSSR count). The molecule has 1 atom stereocenters. The molecule has 3 heterocycles. The minimum absolute atomic E-state index is 0.0361. The van der Waals surface area contributed by atoms with Gasteiger partial charge in [0.2, 0.25) is 5.91 Å². The van der Waals surface area contributed by atoms with Crippen LogP contribution >= 0.6 is 11.8 Å². The second-order valence-electron chi connectivity index (χ2n) is 6.45. The second-order valence-corrected chi connectivity index (χ2v) is 7.39. The molecule has 2 aromatic heterocycles. The van der Waals surface area contributed by atoms with Crippen LogP contribution in [0.25, 0.3) is 17.1 Å². The number of benzene rings is 1. The van der Waals surface area contributed by atoms with Crippen molar-refractivity contribution >= 4 is 17.7 Å². The molecular weight excluding hydrogens is 374 g/mol. The summed E-state index contributed by atoms with van der Waals surface area (Å²) < 4.78 is 7.49. The number of ether oxygens (including phenoxy) is 1. The van der Waals surface area contributed by atoms with Crippen LogP contribution in [0.2, 0.25) is 0 Å². The SMILES string of the molecule is O=C(CSc1nnc(-c2cccnc2)n1-c1ccccc1)NC[C@@H]1CCCO1. The molecule has 1 aliphatic heterocycles. The number of hydrogen-bond donors (Lipinski definition) is 1. The molecule has 1 amide bonds. The maximum atomic E-state index is 12.2. The fourth-order valence-corrected chi connectivity index (χ4v) is 3.85. The molecule has 0 aliphatic carbocycles. The summed E-state index contributed by atoms with van der Waals surface area (Å²) in [6, 6.07) is 13.7. The fourth-order valence-electron chi connectivity index (χ4n) is 3.07. The number of hydrogen-bond acceptors (Lipinski definition) is 6. The number of pyridine rings is 1. The maximum absolute atomic E-state index is 12.2. The van der Waals surface area contributed by atoms with Gasteiger partial charge in [0.1, 0.15) is 0 Å². The zero-order valence-corrected chi connectivity index (χ0v) is 16.1. The van der Waals surface area contributed by atoms with Crippen LogP contribution in [0.3, 0.4) is 0 Å². The van der Waals surface area contributed by atoms with Crippen molar-refractivity contribution in [1.29, 1.82) is 0 Å². The van der Waals surface area contributed by atoms with E-state index < -0.39 is 0 Å². The van der Waals surface area contributed by atoms with E-state index in [-0.39, 0.29) is 17.8 Å². The molecular formula is C20H21N5O2S. The summed E-state index contributed by atoms with van der Waals surface area (Å²) in [5, 5.41) is 12.3. The van der Waals surface area contributed by atoms with Gasteiger partial charge >= 0.3 is 0 Å². The predicted octanol–water partition coefficient (Wildman–Crippen LogP) is 2.72. The van der Waals surface area contributed by atoms with E-state index in [2.05, 4.69) is 20.5 Å². The lowest BCUT2D eigenvalue weighted by Crippen LogP contribution is -2.32. The first kappa shape index (κ1) is 18.6. The Bertz CT molecular complexity index is 911. The van der Waals surface area contributed by atoms with Gasteiger partial charge in [-0.25, -0.2) is 0 Å². The summed E-state index contributed by atoms with van der Waals surface area (Å²) >= 11 is 1.36. The largest absolute Gasteiger partial charge is 0.376 e. The van der Waals surface area contributed by atoms with Crippen LogP contribution in [0.1, 0.15) is 12.8 Å². The molecule has 1 fully saturated rings. The molecule has 8 heteroatoms.